The van der Waals surface area contributed by atoms with Gasteiger partial charge in [0, 0.05) is 59.1 Å². The van der Waals surface area contributed by atoms with Crippen LogP contribution >= 0.6 is 22.9 Å². The minimum atomic E-state index is 0.0143. The van der Waals surface area contributed by atoms with Crippen LogP contribution in [0, 0.1) is 0 Å². The largest absolute Gasteiger partial charge is 0.331 e. The van der Waals surface area contributed by atoms with Gasteiger partial charge in [-0.25, -0.2) is 0 Å². The van der Waals surface area contributed by atoms with Gasteiger partial charge in [0.2, 0.25) is 0 Å². The molecule has 1 N–H and O–H groups in total. The summed E-state index contributed by atoms with van der Waals surface area (Å²) in [5.41, 5.74) is 3.10. The first kappa shape index (κ1) is 24.9. The smallest absolute Gasteiger partial charge is 0.266 e. The van der Waals surface area contributed by atoms with E-state index in [0.29, 0.717) is 22.5 Å². The van der Waals surface area contributed by atoms with Crippen molar-refractivity contribution in [1.82, 2.24) is 20.2 Å². The molecule has 0 bridgehead atoms. The lowest BCUT2D eigenvalue weighted by molar-refractivity contribution is 0.0604. The molecule has 0 radical (unpaired) electrons. The number of pyridine rings is 2. The Morgan fingerprint density at radius 3 is 2.58 bits per heavy atom. The number of nitrogens with zero attached hydrogens (tertiary/aromatic N) is 3. The molecule has 5 rings (SSSR count). The zero-order chi connectivity index (χ0) is 24.9. The van der Waals surface area contributed by atoms with Crippen molar-refractivity contribution in [2.24, 2.45) is 0 Å². The van der Waals surface area contributed by atoms with Gasteiger partial charge in [-0.1, -0.05) is 36.7 Å². The number of carbonyl (C=O) groups excluding carboxylic acids is 1. The lowest BCUT2D eigenvalue weighted by Gasteiger charge is -2.37. The Bertz CT molecular complexity index is 1320. The molecule has 1 aliphatic carbocycles. The van der Waals surface area contributed by atoms with Crippen molar-refractivity contribution in [1.29, 1.82) is 0 Å². The summed E-state index contributed by atoms with van der Waals surface area (Å²) >= 11 is 8.25. The van der Waals surface area contributed by atoms with Crippen molar-refractivity contribution >= 4 is 38.9 Å². The summed E-state index contributed by atoms with van der Waals surface area (Å²) in [6.45, 7) is 3.75. The van der Waals surface area contributed by atoms with Gasteiger partial charge in [-0.15, -0.1) is 11.3 Å². The number of carbonyl (C=O) groups is 1. The van der Waals surface area contributed by atoms with E-state index in [4.69, 9.17) is 11.6 Å². The van der Waals surface area contributed by atoms with E-state index in [1.165, 1.54) is 11.3 Å². The number of halogens is 1. The lowest BCUT2D eigenvalue weighted by atomic mass is 9.89. The van der Waals surface area contributed by atoms with Crippen molar-refractivity contribution in [3.05, 3.63) is 82.7 Å². The first-order valence-corrected chi connectivity index (χ1v) is 13.9. The van der Waals surface area contributed by atoms with Gasteiger partial charge in [0.1, 0.15) is 4.88 Å². The van der Waals surface area contributed by atoms with E-state index in [0.717, 1.165) is 65.4 Å². The molecule has 1 fully saturated rings. The van der Waals surface area contributed by atoms with Crippen LogP contribution in [0.5, 0.6) is 0 Å². The molecule has 186 valence electrons. The van der Waals surface area contributed by atoms with Crippen LogP contribution in [0.1, 0.15) is 54.3 Å². The molecule has 3 aromatic heterocycles. The Balaban J connectivity index is 1.43. The summed E-state index contributed by atoms with van der Waals surface area (Å²) in [6.07, 6.45) is 12.5. The first-order valence-electron chi connectivity index (χ1n) is 12.7. The van der Waals surface area contributed by atoms with Gasteiger partial charge < -0.3 is 10.2 Å². The third-order valence-corrected chi connectivity index (χ3v) is 8.64. The Labute approximate surface area is 221 Å². The summed E-state index contributed by atoms with van der Waals surface area (Å²) in [6, 6.07) is 14.8. The van der Waals surface area contributed by atoms with Crippen molar-refractivity contribution in [2.75, 3.05) is 6.54 Å². The van der Waals surface area contributed by atoms with E-state index in [2.05, 4.69) is 28.3 Å². The number of nitrogens with one attached hydrogen (secondary N) is 1. The van der Waals surface area contributed by atoms with Gasteiger partial charge >= 0.3 is 0 Å². The number of aromatic nitrogens is 2. The van der Waals surface area contributed by atoms with Crippen LogP contribution in [0.15, 0.2) is 67.3 Å². The summed E-state index contributed by atoms with van der Waals surface area (Å²) in [5, 5.41) is 5.16. The predicted molar refractivity (Wildman–Crippen MR) is 149 cm³/mol. The number of rotatable bonds is 8. The highest BCUT2D eigenvalue weighted by atomic mass is 35.5. The minimum absolute atomic E-state index is 0.0143. The maximum absolute atomic E-state index is 14.1. The second-order valence-corrected chi connectivity index (χ2v) is 10.9. The zero-order valence-electron chi connectivity index (χ0n) is 20.5. The molecule has 1 amide bonds. The Kier molecular flexibility index (Phi) is 7.95. The highest BCUT2D eigenvalue weighted by Gasteiger charge is 2.31. The second-order valence-electron chi connectivity index (χ2n) is 9.45. The third kappa shape index (κ3) is 5.46. The summed E-state index contributed by atoms with van der Waals surface area (Å²) in [7, 11) is 0. The maximum Gasteiger partial charge on any atom is 0.266 e. The fourth-order valence-corrected chi connectivity index (χ4v) is 6.53. The molecule has 1 saturated carbocycles. The van der Waals surface area contributed by atoms with Gasteiger partial charge in [0.05, 0.1) is 5.02 Å². The number of hydrogen-bond acceptors (Lipinski definition) is 5. The van der Waals surface area contributed by atoms with Crippen LogP contribution in [0.25, 0.3) is 21.2 Å². The Hall–Kier alpha value is -2.80. The number of thiophene rings is 1. The SMILES string of the molecule is CCCNC1CCC(N(Cc2cncc(-c3ccncc3)c2)C(=O)c2sc3ccccc3c2Cl)CC1. The molecule has 0 atom stereocenters. The Morgan fingerprint density at radius 1 is 1.06 bits per heavy atom. The van der Waals surface area contributed by atoms with E-state index in [1.807, 2.05) is 53.7 Å². The number of hydrogen-bond donors (Lipinski definition) is 1. The van der Waals surface area contributed by atoms with E-state index in [-0.39, 0.29) is 11.9 Å². The van der Waals surface area contributed by atoms with Gasteiger partial charge in [-0.05, 0) is 74.0 Å². The quantitative estimate of drug-likeness (QED) is 0.274. The minimum Gasteiger partial charge on any atom is -0.331 e. The molecule has 5 nitrogen and oxygen atoms in total. The molecule has 0 unspecified atom stereocenters. The highest BCUT2D eigenvalue weighted by molar-refractivity contribution is 7.21. The summed E-state index contributed by atoms with van der Waals surface area (Å²) < 4.78 is 1.04. The molecular weight excluding hydrogens is 488 g/mol. The molecule has 3 heterocycles. The number of fused-ring (bicyclic) bond motifs is 1. The van der Waals surface area contributed by atoms with E-state index < -0.39 is 0 Å². The molecule has 4 aromatic rings. The van der Waals surface area contributed by atoms with Gasteiger partial charge in [-0.3, -0.25) is 14.8 Å². The van der Waals surface area contributed by atoms with Gasteiger partial charge in [0.25, 0.3) is 5.91 Å². The molecule has 1 aromatic carbocycles. The average molecular weight is 519 g/mol. The predicted octanol–water partition coefficient (Wildman–Crippen LogP) is 6.96. The van der Waals surface area contributed by atoms with Crippen LogP contribution in [0.2, 0.25) is 5.02 Å². The first-order chi connectivity index (χ1) is 17.6. The van der Waals surface area contributed by atoms with Crippen molar-refractivity contribution in [3.63, 3.8) is 0 Å². The van der Waals surface area contributed by atoms with Gasteiger partial charge in [-0.2, -0.15) is 0 Å². The van der Waals surface area contributed by atoms with Crippen molar-refractivity contribution in [2.45, 2.75) is 57.7 Å². The fourth-order valence-electron chi connectivity index (χ4n) is 5.06. The summed E-state index contributed by atoms with van der Waals surface area (Å²) in [4.78, 5) is 25.3. The van der Waals surface area contributed by atoms with Crippen LogP contribution in [0.4, 0.5) is 0 Å². The average Bonchev–Trinajstić information content (AvgIpc) is 3.27. The maximum atomic E-state index is 14.1. The molecule has 0 spiro atoms. The van der Waals surface area contributed by atoms with Gasteiger partial charge in [0.15, 0.2) is 0 Å². The fraction of sp³-hybridized carbons (Fsp3) is 0.345. The van der Waals surface area contributed by atoms with Crippen LogP contribution in [0.3, 0.4) is 0 Å². The highest BCUT2D eigenvalue weighted by Crippen LogP contribution is 2.37. The van der Waals surface area contributed by atoms with Crippen LogP contribution in [-0.2, 0) is 6.54 Å². The van der Waals surface area contributed by atoms with Crippen molar-refractivity contribution < 1.29 is 4.79 Å². The molecular formula is C29H31ClN4OS. The molecule has 0 saturated heterocycles. The lowest BCUT2D eigenvalue weighted by Crippen LogP contribution is -2.45. The molecule has 36 heavy (non-hydrogen) atoms. The monoisotopic (exact) mass is 518 g/mol. The van der Waals surface area contributed by atoms with Crippen LogP contribution in [-0.4, -0.2) is 39.4 Å². The second kappa shape index (κ2) is 11.5. The Morgan fingerprint density at radius 2 is 1.83 bits per heavy atom. The van der Waals surface area contributed by atoms with E-state index >= 15 is 0 Å². The van der Waals surface area contributed by atoms with E-state index in [1.54, 1.807) is 12.4 Å². The molecule has 1 aliphatic rings. The third-order valence-electron chi connectivity index (χ3n) is 6.97. The standard InChI is InChI=1S/C29H31ClN4OS/c1-2-13-33-23-7-9-24(10-8-23)34(29(35)28-27(30)25-5-3-4-6-26(25)36-28)19-20-16-22(18-32-17-20)21-11-14-31-15-12-21/h3-6,11-12,14-18,23-24,33H,2,7-10,13,19H2,1H3. The molecule has 0 aliphatic heterocycles. The van der Waals surface area contributed by atoms with Crippen LogP contribution < -0.4 is 5.32 Å². The number of benzene rings is 1. The summed E-state index contributed by atoms with van der Waals surface area (Å²) in [5.74, 6) is 0.0143. The zero-order valence-corrected chi connectivity index (χ0v) is 22.1. The van der Waals surface area contributed by atoms with Crippen molar-refractivity contribution in [3.8, 4) is 11.1 Å². The number of amides is 1. The normalized spacial score (nSPS) is 17.8. The topological polar surface area (TPSA) is 58.1 Å². The van der Waals surface area contributed by atoms with E-state index in [9.17, 15) is 4.79 Å². The molecule has 7 heteroatoms.